The fourth-order valence-electron chi connectivity index (χ4n) is 1.03. The minimum atomic E-state index is -0.412. The van der Waals surface area contributed by atoms with Crippen molar-refractivity contribution >= 4 is 17.5 Å². The van der Waals surface area contributed by atoms with E-state index >= 15 is 0 Å². The van der Waals surface area contributed by atoms with Gasteiger partial charge in [-0.1, -0.05) is 17.5 Å². The lowest BCUT2D eigenvalue weighted by atomic mass is 10.3. The smallest absolute Gasteiger partial charge is 0.272 e. The molecule has 0 saturated carbocycles. The molecule has 1 aromatic heterocycles. The molecule has 0 unspecified atom stereocenters. The number of ether oxygens (including phenoxy) is 1. The molecule has 16 heavy (non-hydrogen) atoms. The molecule has 0 bridgehead atoms. The molecule has 1 aromatic rings. The van der Waals surface area contributed by atoms with Gasteiger partial charge >= 0.3 is 0 Å². The van der Waals surface area contributed by atoms with Gasteiger partial charge in [0.2, 0.25) is 5.88 Å². The summed E-state index contributed by atoms with van der Waals surface area (Å²) in [7, 11) is 0. The molecule has 5 heteroatoms. The monoisotopic (exact) mass is 238 g/mol. The van der Waals surface area contributed by atoms with Crippen molar-refractivity contribution in [3.8, 4) is 18.2 Å². The zero-order chi connectivity index (χ0) is 12.0. The Hall–Kier alpha value is -1.73. The van der Waals surface area contributed by atoms with Crippen LogP contribution in [-0.4, -0.2) is 24.0 Å². The molecular weight excluding hydrogens is 228 g/mol. The van der Waals surface area contributed by atoms with E-state index in [9.17, 15) is 4.79 Å². The fourth-order valence-corrected chi connectivity index (χ4v) is 1.22. The van der Waals surface area contributed by atoms with Crippen LogP contribution in [0.15, 0.2) is 12.1 Å². The molecule has 4 nitrogen and oxygen atoms in total. The lowest BCUT2D eigenvalue weighted by Crippen LogP contribution is -2.25. The predicted octanol–water partition coefficient (Wildman–Crippen LogP) is 1.50. The third kappa shape index (κ3) is 3.14. The van der Waals surface area contributed by atoms with E-state index in [-0.39, 0.29) is 17.3 Å². The highest BCUT2D eigenvalue weighted by Gasteiger charge is 2.12. The van der Waals surface area contributed by atoms with Gasteiger partial charge in [-0.15, -0.1) is 6.42 Å². The molecule has 1 amide bonds. The third-order valence-corrected chi connectivity index (χ3v) is 1.98. The molecule has 0 aromatic carbocycles. The van der Waals surface area contributed by atoms with E-state index in [2.05, 4.69) is 16.2 Å². The number of hydrogen-bond donors (Lipinski definition) is 1. The van der Waals surface area contributed by atoms with Crippen molar-refractivity contribution in [3.63, 3.8) is 0 Å². The lowest BCUT2D eigenvalue weighted by molar-refractivity contribution is 0.0953. The van der Waals surface area contributed by atoms with Gasteiger partial charge in [-0.2, -0.15) is 0 Å². The first-order valence-electron chi connectivity index (χ1n) is 4.70. The van der Waals surface area contributed by atoms with E-state index in [1.54, 1.807) is 12.1 Å². The summed E-state index contributed by atoms with van der Waals surface area (Å²) in [6, 6.07) is 3.16. The number of hydrogen-bond acceptors (Lipinski definition) is 3. The van der Waals surface area contributed by atoms with E-state index in [1.807, 2.05) is 6.92 Å². The second-order valence-electron chi connectivity index (χ2n) is 2.80. The van der Waals surface area contributed by atoms with Crippen LogP contribution in [0.4, 0.5) is 0 Å². The number of carbonyl (C=O) groups is 1. The highest BCUT2D eigenvalue weighted by molar-refractivity contribution is 6.33. The molecule has 0 aliphatic heterocycles. The molecule has 0 aliphatic rings. The summed E-state index contributed by atoms with van der Waals surface area (Å²) in [5.74, 6) is 2.24. The maximum absolute atomic E-state index is 11.6. The zero-order valence-electron chi connectivity index (χ0n) is 8.79. The van der Waals surface area contributed by atoms with Gasteiger partial charge in [-0.05, 0) is 13.0 Å². The minimum Gasteiger partial charge on any atom is -0.478 e. The van der Waals surface area contributed by atoms with Gasteiger partial charge in [0.15, 0.2) is 5.69 Å². The maximum Gasteiger partial charge on any atom is 0.272 e. The van der Waals surface area contributed by atoms with Crippen LogP contribution in [0.3, 0.4) is 0 Å². The number of amides is 1. The van der Waals surface area contributed by atoms with Gasteiger partial charge in [-0.25, -0.2) is 4.98 Å². The van der Waals surface area contributed by atoms with Gasteiger partial charge in [0.25, 0.3) is 5.91 Å². The number of carbonyl (C=O) groups excluding carboxylic acids is 1. The van der Waals surface area contributed by atoms with Crippen LogP contribution in [-0.2, 0) is 0 Å². The van der Waals surface area contributed by atoms with Gasteiger partial charge in [-0.3, -0.25) is 4.79 Å². The minimum absolute atomic E-state index is 0.114. The Labute approximate surface area is 99.0 Å². The Morgan fingerprint density at radius 2 is 2.44 bits per heavy atom. The number of rotatable bonds is 4. The van der Waals surface area contributed by atoms with Gasteiger partial charge in [0.05, 0.1) is 18.2 Å². The van der Waals surface area contributed by atoms with E-state index < -0.39 is 5.91 Å². The molecule has 0 saturated heterocycles. The van der Waals surface area contributed by atoms with Crippen LogP contribution >= 0.6 is 11.6 Å². The summed E-state index contributed by atoms with van der Waals surface area (Å²) in [5.41, 5.74) is 0.114. The Bertz CT molecular complexity index is 426. The van der Waals surface area contributed by atoms with E-state index in [4.69, 9.17) is 22.8 Å². The van der Waals surface area contributed by atoms with Crippen molar-refractivity contribution in [2.75, 3.05) is 13.2 Å². The molecule has 1 rings (SSSR count). The second-order valence-corrected chi connectivity index (χ2v) is 3.21. The highest BCUT2D eigenvalue weighted by Crippen LogP contribution is 2.17. The maximum atomic E-state index is 11.6. The Balaban J connectivity index is 2.89. The van der Waals surface area contributed by atoms with Crippen molar-refractivity contribution in [1.29, 1.82) is 0 Å². The van der Waals surface area contributed by atoms with Crippen molar-refractivity contribution < 1.29 is 9.53 Å². The van der Waals surface area contributed by atoms with Gasteiger partial charge < -0.3 is 10.1 Å². The first-order chi connectivity index (χ1) is 7.69. The van der Waals surface area contributed by atoms with E-state index in [0.717, 1.165) is 0 Å². The normalized spacial score (nSPS) is 9.31. The number of terminal acetylenes is 1. The molecule has 1 N–H and O–H groups in total. The van der Waals surface area contributed by atoms with Gasteiger partial charge in [0.1, 0.15) is 0 Å². The van der Waals surface area contributed by atoms with Gasteiger partial charge in [0, 0.05) is 6.07 Å². The largest absolute Gasteiger partial charge is 0.478 e. The lowest BCUT2D eigenvalue weighted by Gasteiger charge is -2.06. The molecule has 1 heterocycles. The van der Waals surface area contributed by atoms with Crippen LogP contribution < -0.4 is 10.1 Å². The van der Waals surface area contributed by atoms with E-state index in [1.165, 1.54) is 0 Å². The quantitative estimate of drug-likeness (QED) is 0.809. The highest BCUT2D eigenvalue weighted by atomic mass is 35.5. The SMILES string of the molecule is C#CCNC(=O)c1nc(OCC)ccc1Cl. The van der Waals surface area contributed by atoms with Crippen molar-refractivity contribution in [1.82, 2.24) is 10.3 Å². The summed E-state index contributed by atoms with van der Waals surface area (Å²) in [6.07, 6.45) is 5.03. The topological polar surface area (TPSA) is 51.2 Å². The summed E-state index contributed by atoms with van der Waals surface area (Å²) in [6.45, 7) is 2.43. The van der Waals surface area contributed by atoms with Crippen LogP contribution in [0.2, 0.25) is 5.02 Å². The average Bonchev–Trinajstić information content (AvgIpc) is 2.29. The van der Waals surface area contributed by atoms with Crippen molar-refractivity contribution in [3.05, 3.63) is 22.8 Å². The average molecular weight is 239 g/mol. The number of nitrogens with zero attached hydrogens (tertiary/aromatic N) is 1. The standard InChI is InChI=1S/C11H11ClN2O2/c1-3-7-13-11(15)10-8(12)5-6-9(14-10)16-4-2/h1,5-6H,4,7H2,2H3,(H,13,15). The number of pyridine rings is 1. The Morgan fingerprint density at radius 1 is 1.69 bits per heavy atom. The summed E-state index contributed by atoms with van der Waals surface area (Å²) in [4.78, 5) is 15.6. The second kappa shape index (κ2) is 5.99. The van der Waals surface area contributed by atoms with Crippen LogP contribution in [0.5, 0.6) is 5.88 Å². The summed E-state index contributed by atoms with van der Waals surface area (Å²) < 4.78 is 5.17. The third-order valence-electron chi connectivity index (χ3n) is 1.68. The van der Waals surface area contributed by atoms with Crippen LogP contribution in [0, 0.1) is 12.3 Å². The first kappa shape index (κ1) is 12.3. The summed E-state index contributed by atoms with van der Waals surface area (Å²) in [5, 5.41) is 2.74. The van der Waals surface area contributed by atoms with E-state index in [0.29, 0.717) is 12.5 Å². The Kier molecular flexibility index (Phi) is 4.62. The zero-order valence-corrected chi connectivity index (χ0v) is 9.54. The van der Waals surface area contributed by atoms with Crippen LogP contribution in [0.1, 0.15) is 17.4 Å². The molecule has 0 atom stereocenters. The molecule has 0 aliphatic carbocycles. The van der Waals surface area contributed by atoms with Crippen molar-refractivity contribution in [2.24, 2.45) is 0 Å². The number of nitrogens with one attached hydrogen (secondary N) is 1. The first-order valence-corrected chi connectivity index (χ1v) is 5.07. The summed E-state index contributed by atoms with van der Waals surface area (Å²) >= 11 is 5.84. The number of halogens is 1. The van der Waals surface area contributed by atoms with Crippen molar-refractivity contribution in [2.45, 2.75) is 6.92 Å². The molecule has 84 valence electrons. The molecule has 0 fully saturated rings. The molecular formula is C11H11ClN2O2. The number of aromatic nitrogens is 1. The Morgan fingerprint density at radius 3 is 3.06 bits per heavy atom. The molecule has 0 spiro atoms. The van der Waals surface area contributed by atoms with Crippen LogP contribution in [0.25, 0.3) is 0 Å². The fraction of sp³-hybridized carbons (Fsp3) is 0.273. The predicted molar refractivity (Wildman–Crippen MR) is 61.6 cm³/mol. The molecule has 0 radical (unpaired) electrons.